The van der Waals surface area contributed by atoms with Gasteiger partial charge in [0.25, 0.3) is 0 Å². The monoisotopic (exact) mass is 282 g/mol. The van der Waals surface area contributed by atoms with Crippen LogP contribution in [0.25, 0.3) is 0 Å². The molecule has 1 aromatic rings. The summed E-state index contributed by atoms with van der Waals surface area (Å²) in [4.78, 5) is 2.06. The maximum Gasteiger partial charge on any atom is 0.150 e. The van der Waals surface area contributed by atoms with Gasteiger partial charge in [-0.15, -0.1) is 0 Å². The maximum atomic E-state index is 14.2. The lowest BCUT2D eigenvalue weighted by atomic mass is 10.2. The Morgan fingerprint density at radius 1 is 1.35 bits per heavy atom. The quantitative estimate of drug-likeness (QED) is 0.866. The van der Waals surface area contributed by atoms with E-state index in [4.69, 9.17) is 9.47 Å². The normalized spacial score (nSPS) is 17.1. The molecule has 0 spiro atoms. The van der Waals surface area contributed by atoms with E-state index in [-0.39, 0.29) is 11.9 Å². The Labute approximate surface area is 119 Å². The first-order valence-corrected chi connectivity index (χ1v) is 7.11. The van der Waals surface area contributed by atoms with Gasteiger partial charge in [0.05, 0.1) is 11.8 Å². The van der Waals surface area contributed by atoms with Crippen molar-refractivity contribution < 1.29 is 13.9 Å². The van der Waals surface area contributed by atoms with Crippen molar-refractivity contribution in [2.24, 2.45) is 0 Å². The van der Waals surface area contributed by atoms with Crippen LogP contribution in [-0.2, 0) is 4.74 Å². The average molecular weight is 282 g/mol. The first kappa shape index (κ1) is 15.1. The van der Waals surface area contributed by atoms with Crippen LogP contribution < -0.4 is 15.0 Å². The van der Waals surface area contributed by atoms with Gasteiger partial charge in [0.15, 0.2) is 0 Å². The van der Waals surface area contributed by atoms with E-state index < -0.39 is 0 Å². The van der Waals surface area contributed by atoms with E-state index in [2.05, 4.69) is 10.2 Å². The first-order valence-electron chi connectivity index (χ1n) is 7.11. The van der Waals surface area contributed by atoms with Crippen molar-refractivity contribution in [3.63, 3.8) is 0 Å². The molecule has 1 aliphatic rings. The molecule has 1 unspecified atom stereocenters. The number of piperazine rings is 1. The summed E-state index contributed by atoms with van der Waals surface area (Å²) in [5.41, 5.74) is 0.656. The van der Waals surface area contributed by atoms with Crippen molar-refractivity contribution in [2.75, 3.05) is 44.8 Å². The van der Waals surface area contributed by atoms with E-state index in [9.17, 15) is 4.39 Å². The topological polar surface area (TPSA) is 33.7 Å². The highest BCUT2D eigenvalue weighted by molar-refractivity contribution is 5.51. The van der Waals surface area contributed by atoms with Crippen molar-refractivity contribution in [1.29, 1.82) is 0 Å². The first-order chi connectivity index (χ1) is 9.70. The molecule has 2 rings (SSSR count). The highest BCUT2D eigenvalue weighted by atomic mass is 19.1. The predicted octanol–water partition coefficient (Wildman–Crippen LogP) is 2.04. The third-order valence-electron chi connectivity index (χ3n) is 3.44. The Morgan fingerprint density at radius 2 is 2.10 bits per heavy atom. The molecule has 1 aromatic carbocycles. The number of hydrogen-bond donors (Lipinski definition) is 1. The zero-order valence-corrected chi connectivity index (χ0v) is 12.2. The van der Waals surface area contributed by atoms with E-state index in [0.717, 1.165) is 32.6 Å². The molecule has 0 aromatic heterocycles. The summed E-state index contributed by atoms with van der Waals surface area (Å²) in [5, 5.41) is 3.26. The van der Waals surface area contributed by atoms with Crippen molar-refractivity contribution in [3.8, 4) is 5.75 Å². The molecule has 1 aliphatic heterocycles. The Kier molecular flexibility index (Phi) is 5.61. The third kappa shape index (κ3) is 4.08. The second-order valence-electron chi connectivity index (χ2n) is 5.06. The van der Waals surface area contributed by atoms with E-state index >= 15 is 0 Å². The fourth-order valence-corrected chi connectivity index (χ4v) is 2.30. The lowest BCUT2D eigenvalue weighted by molar-refractivity contribution is 0.135. The predicted molar refractivity (Wildman–Crippen MR) is 78.1 cm³/mol. The lowest BCUT2D eigenvalue weighted by Crippen LogP contribution is -2.43. The number of anilines is 1. The van der Waals surface area contributed by atoms with Gasteiger partial charge >= 0.3 is 0 Å². The number of hydrogen-bond acceptors (Lipinski definition) is 4. The van der Waals surface area contributed by atoms with Gasteiger partial charge in [-0.05, 0) is 19.1 Å². The smallest absolute Gasteiger partial charge is 0.150 e. The molecular weight excluding hydrogens is 259 g/mol. The Morgan fingerprint density at radius 3 is 2.75 bits per heavy atom. The van der Waals surface area contributed by atoms with Crippen LogP contribution in [0.2, 0.25) is 0 Å². The van der Waals surface area contributed by atoms with Gasteiger partial charge in [-0.2, -0.15) is 0 Å². The molecule has 0 amide bonds. The fraction of sp³-hybridized carbons (Fsp3) is 0.600. The zero-order valence-electron chi connectivity index (χ0n) is 12.2. The minimum atomic E-state index is -0.219. The van der Waals surface area contributed by atoms with E-state index in [0.29, 0.717) is 18.0 Å². The summed E-state index contributed by atoms with van der Waals surface area (Å²) in [6, 6.07) is 5.11. The molecule has 1 N–H and O–H groups in total. The molecule has 4 nitrogen and oxygen atoms in total. The summed E-state index contributed by atoms with van der Waals surface area (Å²) in [5.74, 6) is 0.355. The molecular formula is C15H23FN2O2. The van der Waals surface area contributed by atoms with Gasteiger partial charge in [-0.25, -0.2) is 4.39 Å². The second-order valence-corrected chi connectivity index (χ2v) is 5.06. The van der Waals surface area contributed by atoms with Gasteiger partial charge in [0.2, 0.25) is 0 Å². The van der Waals surface area contributed by atoms with Crippen LogP contribution in [0.15, 0.2) is 18.2 Å². The number of methoxy groups -OCH3 is 1. The van der Waals surface area contributed by atoms with Crippen molar-refractivity contribution in [1.82, 2.24) is 5.32 Å². The molecule has 1 heterocycles. The standard InChI is InChI=1S/C15H23FN2O2/c1-12(5-10-19-2)20-13-3-4-15(14(16)11-13)18-8-6-17-7-9-18/h3-4,11-12,17H,5-10H2,1-2H3. The minimum absolute atomic E-state index is 0.0133. The van der Waals surface area contributed by atoms with Crippen molar-refractivity contribution in [3.05, 3.63) is 24.0 Å². The van der Waals surface area contributed by atoms with Crippen LogP contribution >= 0.6 is 0 Å². The van der Waals surface area contributed by atoms with Gasteiger partial charge in [0, 0.05) is 52.4 Å². The highest BCUT2D eigenvalue weighted by Gasteiger charge is 2.15. The zero-order chi connectivity index (χ0) is 14.4. The van der Waals surface area contributed by atoms with Crippen LogP contribution in [0.1, 0.15) is 13.3 Å². The summed E-state index contributed by atoms with van der Waals surface area (Å²) in [7, 11) is 1.66. The number of rotatable bonds is 6. The molecule has 0 saturated carbocycles. The summed E-state index contributed by atoms with van der Waals surface area (Å²) >= 11 is 0. The van der Waals surface area contributed by atoms with E-state index in [1.807, 2.05) is 13.0 Å². The second kappa shape index (κ2) is 7.45. The van der Waals surface area contributed by atoms with E-state index in [1.165, 1.54) is 6.07 Å². The third-order valence-corrected chi connectivity index (χ3v) is 3.44. The van der Waals surface area contributed by atoms with Gasteiger partial charge < -0.3 is 19.7 Å². The molecule has 0 bridgehead atoms. The SMILES string of the molecule is COCCC(C)Oc1ccc(N2CCNCC2)c(F)c1. The number of ether oxygens (including phenoxy) is 2. The molecule has 1 saturated heterocycles. The lowest BCUT2D eigenvalue weighted by Gasteiger charge is -2.29. The fourth-order valence-electron chi connectivity index (χ4n) is 2.30. The van der Waals surface area contributed by atoms with Gasteiger partial charge in [-0.1, -0.05) is 0 Å². The summed E-state index contributed by atoms with van der Waals surface area (Å²) < 4.78 is 24.9. The molecule has 20 heavy (non-hydrogen) atoms. The largest absolute Gasteiger partial charge is 0.491 e. The summed E-state index contributed by atoms with van der Waals surface area (Å²) in [6.45, 7) is 6.06. The van der Waals surface area contributed by atoms with Crippen LogP contribution in [-0.4, -0.2) is 46.0 Å². The molecule has 1 atom stereocenters. The average Bonchev–Trinajstić information content (AvgIpc) is 2.46. The number of nitrogens with one attached hydrogen (secondary N) is 1. The summed E-state index contributed by atoms with van der Waals surface area (Å²) in [6.07, 6.45) is 0.803. The molecule has 112 valence electrons. The molecule has 5 heteroatoms. The Bertz CT molecular complexity index is 422. The number of halogens is 1. The highest BCUT2D eigenvalue weighted by Crippen LogP contribution is 2.25. The Balaban J connectivity index is 1.98. The van der Waals surface area contributed by atoms with Crippen LogP contribution in [0, 0.1) is 5.82 Å². The minimum Gasteiger partial charge on any atom is -0.491 e. The van der Waals surface area contributed by atoms with Crippen molar-refractivity contribution >= 4 is 5.69 Å². The molecule has 1 fully saturated rings. The number of nitrogens with zero attached hydrogens (tertiary/aromatic N) is 1. The van der Waals surface area contributed by atoms with E-state index in [1.54, 1.807) is 13.2 Å². The van der Waals surface area contributed by atoms with Crippen LogP contribution in [0.3, 0.4) is 0 Å². The van der Waals surface area contributed by atoms with Crippen LogP contribution in [0.4, 0.5) is 10.1 Å². The van der Waals surface area contributed by atoms with Gasteiger partial charge in [0.1, 0.15) is 11.6 Å². The number of benzene rings is 1. The molecule has 0 aliphatic carbocycles. The maximum absolute atomic E-state index is 14.2. The van der Waals surface area contributed by atoms with Crippen molar-refractivity contribution in [2.45, 2.75) is 19.4 Å². The molecule has 0 radical (unpaired) electrons. The van der Waals surface area contributed by atoms with Crippen LogP contribution in [0.5, 0.6) is 5.75 Å². The Hall–Kier alpha value is -1.33. The van der Waals surface area contributed by atoms with Gasteiger partial charge in [-0.3, -0.25) is 0 Å².